The van der Waals surface area contributed by atoms with Gasteiger partial charge in [-0.15, -0.1) is 12.4 Å². The van der Waals surface area contributed by atoms with Crippen LogP contribution in [0.4, 0.5) is 0 Å². The van der Waals surface area contributed by atoms with Gasteiger partial charge in [0, 0.05) is 17.0 Å². The van der Waals surface area contributed by atoms with E-state index in [9.17, 15) is 4.79 Å². The molecule has 7 heteroatoms. The zero-order valence-corrected chi connectivity index (χ0v) is 17.0. The van der Waals surface area contributed by atoms with E-state index in [0.29, 0.717) is 29.0 Å². The number of halogens is 2. The van der Waals surface area contributed by atoms with Gasteiger partial charge in [0.05, 0.1) is 23.1 Å². The third-order valence-corrected chi connectivity index (χ3v) is 6.10. The lowest BCUT2D eigenvalue weighted by atomic mass is 10.0. The lowest BCUT2D eigenvalue weighted by Crippen LogP contribution is -2.40. The van der Waals surface area contributed by atoms with Gasteiger partial charge in [-0.3, -0.25) is 4.79 Å². The topological polar surface area (TPSA) is 72.9 Å². The molecule has 4 rings (SSSR count). The summed E-state index contributed by atoms with van der Waals surface area (Å²) in [6, 6.07) is 6.08. The van der Waals surface area contributed by atoms with Gasteiger partial charge in [-0.2, -0.15) is 5.10 Å². The monoisotopic (exact) mass is 408 g/mol. The number of benzene rings is 1. The minimum atomic E-state index is -0.0262. The third kappa shape index (κ3) is 4.00. The van der Waals surface area contributed by atoms with E-state index in [0.717, 1.165) is 49.0 Å². The highest BCUT2D eigenvalue weighted by Crippen LogP contribution is 2.42. The molecule has 2 aromatic rings. The summed E-state index contributed by atoms with van der Waals surface area (Å²) in [6.45, 7) is 2.60. The van der Waals surface area contributed by atoms with Gasteiger partial charge in [-0.25, -0.2) is 4.68 Å². The maximum atomic E-state index is 12.9. The van der Waals surface area contributed by atoms with Crippen LogP contribution in [0.15, 0.2) is 24.4 Å². The van der Waals surface area contributed by atoms with Crippen LogP contribution in [0.3, 0.4) is 0 Å². The summed E-state index contributed by atoms with van der Waals surface area (Å²) in [5.74, 6) is 0.753. The van der Waals surface area contributed by atoms with Crippen molar-refractivity contribution in [3.05, 3.63) is 46.2 Å². The van der Waals surface area contributed by atoms with Gasteiger partial charge >= 0.3 is 0 Å². The molecule has 3 N–H and O–H groups in total. The summed E-state index contributed by atoms with van der Waals surface area (Å²) in [5, 5.41) is 8.44. The predicted molar refractivity (Wildman–Crippen MR) is 110 cm³/mol. The molecule has 146 valence electrons. The first-order chi connectivity index (χ1) is 12.6. The van der Waals surface area contributed by atoms with Crippen LogP contribution in [-0.2, 0) is 0 Å². The molecule has 27 heavy (non-hydrogen) atoms. The number of aromatic nitrogens is 2. The fourth-order valence-electron chi connectivity index (χ4n) is 3.96. The summed E-state index contributed by atoms with van der Waals surface area (Å²) < 4.78 is 1.88. The van der Waals surface area contributed by atoms with E-state index >= 15 is 0 Å². The molecule has 0 spiro atoms. The van der Waals surface area contributed by atoms with Crippen LogP contribution in [0, 0.1) is 12.8 Å². The smallest absolute Gasteiger partial charge is 0.255 e. The first-order valence-corrected chi connectivity index (χ1v) is 9.81. The Morgan fingerprint density at radius 1 is 1.33 bits per heavy atom. The standard InChI is InChI=1S/C20H25ClN4O.ClH/c1-12-5-8-15(9-17(12)21)25-19(13-6-7-13)16(11-23-25)20(26)24-18-4-2-3-14(18)10-22;/h5,8-9,11,13-14,18H,2-4,6-7,10,22H2,1H3,(H,24,26);1H. The SMILES string of the molecule is Cc1ccc(-n2ncc(C(=O)NC3CCCC3CN)c2C2CC2)cc1Cl.Cl. The molecule has 1 aromatic carbocycles. The van der Waals surface area contributed by atoms with E-state index in [1.54, 1.807) is 6.20 Å². The average Bonchev–Trinajstić information content (AvgIpc) is 3.21. The van der Waals surface area contributed by atoms with Crippen molar-refractivity contribution in [3.63, 3.8) is 0 Å². The number of aryl methyl sites for hydroxylation is 1. The van der Waals surface area contributed by atoms with Crippen molar-refractivity contribution >= 4 is 29.9 Å². The van der Waals surface area contributed by atoms with Gasteiger partial charge < -0.3 is 11.1 Å². The van der Waals surface area contributed by atoms with Crippen molar-refractivity contribution < 1.29 is 4.79 Å². The van der Waals surface area contributed by atoms with Crippen LogP contribution in [0.1, 0.15) is 59.6 Å². The summed E-state index contributed by atoms with van der Waals surface area (Å²) in [4.78, 5) is 12.9. The lowest BCUT2D eigenvalue weighted by Gasteiger charge is -2.19. The van der Waals surface area contributed by atoms with Crippen molar-refractivity contribution in [2.45, 2.75) is 51.0 Å². The maximum Gasteiger partial charge on any atom is 0.255 e. The first-order valence-electron chi connectivity index (χ1n) is 9.44. The predicted octanol–water partition coefficient (Wildman–Crippen LogP) is 3.99. The van der Waals surface area contributed by atoms with Crippen LogP contribution in [0.25, 0.3) is 5.69 Å². The molecule has 0 aliphatic heterocycles. The molecule has 1 heterocycles. The van der Waals surface area contributed by atoms with E-state index in [2.05, 4.69) is 10.4 Å². The van der Waals surface area contributed by atoms with E-state index in [1.165, 1.54) is 0 Å². The number of nitrogens with one attached hydrogen (secondary N) is 1. The summed E-state index contributed by atoms with van der Waals surface area (Å²) in [7, 11) is 0. The molecule has 2 aliphatic carbocycles. The highest BCUT2D eigenvalue weighted by molar-refractivity contribution is 6.31. The number of nitrogens with two attached hydrogens (primary N) is 1. The fraction of sp³-hybridized carbons (Fsp3) is 0.500. The van der Waals surface area contributed by atoms with E-state index in [4.69, 9.17) is 17.3 Å². The average molecular weight is 409 g/mol. The summed E-state index contributed by atoms with van der Waals surface area (Å²) in [6.07, 6.45) is 7.12. The van der Waals surface area contributed by atoms with Crippen molar-refractivity contribution in [1.82, 2.24) is 15.1 Å². The normalized spacial score (nSPS) is 21.7. The molecule has 1 aromatic heterocycles. The first kappa shape index (κ1) is 20.2. The van der Waals surface area contributed by atoms with E-state index < -0.39 is 0 Å². The van der Waals surface area contributed by atoms with Crippen molar-refractivity contribution in [3.8, 4) is 5.69 Å². The molecule has 2 atom stereocenters. The molecule has 2 unspecified atom stereocenters. The van der Waals surface area contributed by atoms with Crippen molar-refractivity contribution in [1.29, 1.82) is 0 Å². The van der Waals surface area contributed by atoms with E-state index in [-0.39, 0.29) is 24.4 Å². The Labute approximate surface area is 171 Å². The highest BCUT2D eigenvalue weighted by Gasteiger charge is 2.34. The van der Waals surface area contributed by atoms with Crippen LogP contribution in [-0.4, -0.2) is 28.3 Å². The molecule has 2 aliphatic rings. The Hall–Kier alpha value is -1.56. The second-order valence-corrected chi connectivity index (χ2v) is 7.98. The van der Waals surface area contributed by atoms with E-state index in [1.807, 2.05) is 29.8 Å². The molecule has 5 nitrogen and oxygen atoms in total. The zero-order chi connectivity index (χ0) is 18.3. The highest BCUT2D eigenvalue weighted by atomic mass is 35.5. The van der Waals surface area contributed by atoms with Gasteiger partial charge in [0.1, 0.15) is 0 Å². The largest absolute Gasteiger partial charge is 0.349 e. The lowest BCUT2D eigenvalue weighted by molar-refractivity contribution is 0.0927. The molecular formula is C20H26Cl2N4O. The summed E-state index contributed by atoms with van der Waals surface area (Å²) >= 11 is 6.29. The molecule has 0 bridgehead atoms. The van der Waals surface area contributed by atoms with Gasteiger partial charge in [-0.05, 0) is 62.8 Å². The van der Waals surface area contributed by atoms with Crippen LogP contribution in [0.2, 0.25) is 5.02 Å². The van der Waals surface area contributed by atoms with Gasteiger partial charge in [0.2, 0.25) is 0 Å². The van der Waals surface area contributed by atoms with Crippen LogP contribution in [0.5, 0.6) is 0 Å². The Kier molecular flexibility index (Phi) is 6.14. The molecule has 2 saturated carbocycles. The molecule has 0 saturated heterocycles. The quantitative estimate of drug-likeness (QED) is 0.784. The Morgan fingerprint density at radius 2 is 2.11 bits per heavy atom. The number of carbonyl (C=O) groups excluding carboxylic acids is 1. The molecule has 2 fully saturated rings. The number of hydrogen-bond donors (Lipinski definition) is 2. The second kappa shape index (κ2) is 8.21. The van der Waals surface area contributed by atoms with Crippen LogP contribution < -0.4 is 11.1 Å². The van der Waals surface area contributed by atoms with Gasteiger partial charge in [0.25, 0.3) is 5.91 Å². The number of rotatable bonds is 5. The van der Waals surface area contributed by atoms with Crippen molar-refractivity contribution in [2.24, 2.45) is 11.7 Å². The second-order valence-electron chi connectivity index (χ2n) is 7.57. The Morgan fingerprint density at radius 3 is 2.78 bits per heavy atom. The molecule has 1 amide bonds. The Balaban J connectivity index is 0.00000210. The zero-order valence-electron chi connectivity index (χ0n) is 15.5. The molecular weight excluding hydrogens is 383 g/mol. The number of nitrogens with zero attached hydrogens (tertiary/aromatic N) is 2. The minimum Gasteiger partial charge on any atom is -0.349 e. The van der Waals surface area contributed by atoms with Crippen LogP contribution >= 0.6 is 24.0 Å². The number of carbonyl (C=O) groups is 1. The molecule has 0 radical (unpaired) electrons. The fourth-order valence-corrected chi connectivity index (χ4v) is 4.13. The third-order valence-electron chi connectivity index (χ3n) is 5.69. The van der Waals surface area contributed by atoms with Gasteiger partial charge in [-0.1, -0.05) is 24.1 Å². The van der Waals surface area contributed by atoms with Gasteiger partial charge in [0.15, 0.2) is 0 Å². The minimum absolute atomic E-state index is 0. The number of hydrogen-bond acceptors (Lipinski definition) is 3. The summed E-state index contributed by atoms with van der Waals surface area (Å²) in [5.41, 5.74) is 9.48. The number of amides is 1. The Bertz CT molecular complexity index is 831. The maximum absolute atomic E-state index is 12.9. The van der Waals surface area contributed by atoms with Crippen molar-refractivity contribution in [2.75, 3.05) is 6.54 Å².